The van der Waals surface area contributed by atoms with Crippen molar-refractivity contribution in [2.24, 2.45) is 5.92 Å². The first-order valence-electron chi connectivity index (χ1n) is 7.58. The van der Waals surface area contributed by atoms with Crippen molar-refractivity contribution in [1.82, 2.24) is 4.90 Å². The average Bonchev–Trinajstić information content (AvgIpc) is 2.45. The largest absolute Gasteiger partial charge is 0.481 e. The molecule has 0 radical (unpaired) electrons. The van der Waals surface area contributed by atoms with Crippen molar-refractivity contribution in [2.45, 2.75) is 51.1 Å². The van der Waals surface area contributed by atoms with E-state index in [0.29, 0.717) is 12.0 Å². The van der Waals surface area contributed by atoms with Gasteiger partial charge in [0.1, 0.15) is 0 Å². The fourth-order valence-electron chi connectivity index (χ4n) is 3.47. The summed E-state index contributed by atoms with van der Waals surface area (Å²) in [7, 11) is 2.09. The molecular weight excluding hydrogens is 250 g/mol. The highest BCUT2D eigenvalue weighted by Crippen LogP contribution is 2.33. The third-order valence-corrected chi connectivity index (χ3v) is 4.63. The Morgan fingerprint density at radius 2 is 1.95 bits per heavy atom. The van der Waals surface area contributed by atoms with E-state index in [9.17, 15) is 9.90 Å². The van der Waals surface area contributed by atoms with Gasteiger partial charge in [-0.25, -0.2) is 0 Å². The van der Waals surface area contributed by atoms with Crippen molar-refractivity contribution in [2.75, 3.05) is 7.05 Å². The van der Waals surface area contributed by atoms with Crippen molar-refractivity contribution in [3.63, 3.8) is 0 Å². The Kier molecular flexibility index (Phi) is 5.18. The maximum absolute atomic E-state index is 11.2. The number of aliphatic carboxylic acids is 1. The molecular formula is C17H25NO2. The van der Waals surface area contributed by atoms with E-state index in [0.717, 1.165) is 5.56 Å². The molecule has 110 valence electrons. The lowest BCUT2D eigenvalue weighted by Crippen LogP contribution is -2.41. The second-order valence-electron chi connectivity index (χ2n) is 6.02. The third kappa shape index (κ3) is 3.60. The number of carboxylic acids is 1. The number of hydrogen-bond acceptors (Lipinski definition) is 2. The van der Waals surface area contributed by atoms with E-state index in [1.807, 2.05) is 30.3 Å². The molecule has 1 N–H and O–H groups in total. The molecule has 1 saturated carbocycles. The molecule has 0 bridgehead atoms. The Morgan fingerprint density at radius 1 is 1.30 bits per heavy atom. The summed E-state index contributed by atoms with van der Waals surface area (Å²) in [6, 6.07) is 10.5. The van der Waals surface area contributed by atoms with Gasteiger partial charge < -0.3 is 5.11 Å². The summed E-state index contributed by atoms with van der Waals surface area (Å²) in [5.74, 6) is -0.0806. The van der Waals surface area contributed by atoms with Crippen LogP contribution < -0.4 is 0 Å². The fraction of sp³-hybridized carbons (Fsp3) is 0.588. The van der Waals surface area contributed by atoms with Gasteiger partial charge in [0.25, 0.3) is 0 Å². The van der Waals surface area contributed by atoms with Crippen LogP contribution in [0.4, 0.5) is 0 Å². The van der Waals surface area contributed by atoms with Crippen LogP contribution in [0.3, 0.4) is 0 Å². The van der Waals surface area contributed by atoms with E-state index < -0.39 is 5.97 Å². The maximum Gasteiger partial charge on any atom is 0.305 e. The van der Waals surface area contributed by atoms with Gasteiger partial charge in [-0.2, -0.15) is 0 Å². The van der Waals surface area contributed by atoms with Crippen molar-refractivity contribution in [1.29, 1.82) is 0 Å². The Balaban J connectivity index is 2.19. The zero-order chi connectivity index (χ0) is 14.5. The quantitative estimate of drug-likeness (QED) is 0.890. The van der Waals surface area contributed by atoms with Crippen molar-refractivity contribution in [3.8, 4) is 0 Å². The summed E-state index contributed by atoms with van der Waals surface area (Å²) in [4.78, 5) is 13.5. The van der Waals surface area contributed by atoms with Crippen LogP contribution in [-0.4, -0.2) is 29.1 Å². The molecule has 1 aromatic carbocycles. The normalized spacial score (nSPS) is 24.6. The number of carboxylic acid groups (broad SMARTS) is 1. The van der Waals surface area contributed by atoms with E-state index in [1.165, 1.54) is 25.7 Å². The molecule has 0 aliphatic heterocycles. The molecule has 20 heavy (non-hydrogen) atoms. The number of hydrogen-bond donors (Lipinski definition) is 1. The zero-order valence-corrected chi connectivity index (χ0v) is 12.5. The van der Waals surface area contributed by atoms with E-state index >= 15 is 0 Å². The van der Waals surface area contributed by atoms with E-state index in [-0.39, 0.29) is 12.5 Å². The van der Waals surface area contributed by atoms with Gasteiger partial charge in [-0.15, -0.1) is 0 Å². The molecule has 0 saturated heterocycles. The first-order chi connectivity index (χ1) is 9.59. The van der Waals surface area contributed by atoms with Crippen molar-refractivity contribution < 1.29 is 9.90 Å². The molecule has 0 amide bonds. The van der Waals surface area contributed by atoms with Gasteiger partial charge in [0, 0.05) is 12.1 Å². The summed E-state index contributed by atoms with van der Waals surface area (Å²) in [6.45, 7) is 2.29. The number of carbonyl (C=O) groups is 1. The van der Waals surface area contributed by atoms with Gasteiger partial charge in [-0.1, -0.05) is 50.1 Å². The number of benzene rings is 1. The monoisotopic (exact) mass is 275 g/mol. The highest BCUT2D eigenvalue weighted by Gasteiger charge is 2.31. The second-order valence-corrected chi connectivity index (χ2v) is 6.02. The minimum absolute atomic E-state index is 0.0285. The van der Waals surface area contributed by atoms with Crippen LogP contribution >= 0.6 is 0 Å². The SMILES string of the molecule is CC1CCCCC1N(C)C(CC(=O)O)c1ccccc1. The molecule has 0 heterocycles. The lowest BCUT2D eigenvalue weighted by atomic mass is 9.83. The molecule has 3 nitrogen and oxygen atoms in total. The predicted molar refractivity (Wildman–Crippen MR) is 80.6 cm³/mol. The van der Waals surface area contributed by atoms with Gasteiger partial charge in [-0.05, 0) is 31.4 Å². The summed E-state index contributed by atoms with van der Waals surface area (Å²) >= 11 is 0. The third-order valence-electron chi connectivity index (χ3n) is 4.63. The van der Waals surface area contributed by atoms with E-state index in [2.05, 4.69) is 18.9 Å². The molecule has 2 rings (SSSR count). The minimum atomic E-state index is -0.728. The lowest BCUT2D eigenvalue weighted by molar-refractivity contribution is -0.138. The van der Waals surface area contributed by atoms with Gasteiger partial charge >= 0.3 is 5.97 Å². The fourth-order valence-corrected chi connectivity index (χ4v) is 3.47. The molecule has 3 heteroatoms. The summed E-state index contributed by atoms with van der Waals surface area (Å²) in [5.41, 5.74) is 1.11. The number of rotatable bonds is 5. The average molecular weight is 275 g/mol. The van der Waals surface area contributed by atoms with E-state index in [1.54, 1.807) is 0 Å². The zero-order valence-electron chi connectivity index (χ0n) is 12.5. The summed E-state index contributed by atoms with van der Waals surface area (Å²) < 4.78 is 0. The van der Waals surface area contributed by atoms with E-state index in [4.69, 9.17) is 0 Å². The first-order valence-corrected chi connectivity index (χ1v) is 7.58. The second kappa shape index (κ2) is 6.89. The van der Waals surface area contributed by atoms with Crippen LogP contribution in [0.5, 0.6) is 0 Å². The molecule has 3 unspecified atom stereocenters. The van der Waals surface area contributed by atoms with Gasteiger partial charge in [0.2, 0.25) is 0 Å². The predicted octanol–water partition coefficient (Wildman–Crippen LogP) is 3.71. The van der Waals surface area contributed by atoms with Gasteiger partial charge in [-0.3, -0.25) is 9.69 Å². The molecule has 3 atom stereocenters. The highest BCUT2D eigenvalue weighted by molar-refractivity contribution is 5.68. The standard InChI is InChI=1S/C17H25NO2/c1-13-8-6-7-11-15(13)18(2)16(12-17(19)20)14-9-4-3-5-10-14/h3-5,9-10,13,15-16H,6-8,11-12H2,1-2H3,(H,19,20). The van der Waals surface area contributed by atoms with Gasteiger partial charge in [0.05, 0.1) is 6.42 Å². The molecule has 1 aliphatic carbocycles. The Morgan fingerprint density at radius 3 is 2.55 bits per heavy atom. The van der Waals surface area contributed by atoms with Crippen LogP contribution in [0.1, 0.15) is 50.6 Å². The first kappa shape index (κ1) is 15.0. The highest BCUT2D eigenvalue weighted by atomic mass is 16.4. The van der Waals surface area contributed by atoms with Crippen LogP contribution in [0.15, 0.2) is 30.3 Å². The van der Waals surface area contributed by atoms with Crippen molar-refractivity contribution >= 4 is 5.97 Å². The Bertz CT molecular complexity index is 432. The summed E-state index contributed by atoms with van der Waals surface area (Å²) in [5, 5.41) is 9.23. The maximum atomic E-state index is 11.2. The summed E-state index contributed by atoms with van der Waals surface area (Å²) in [6.07, 6.45) is 5.17. The number of nitrogens with zero attached hydrogens (tertiary/aromatic N) is 1. The van der Waals surface area contributed by atoms with Crippen LogP contribution in [0.2, 0.25) is 0 Å². The van der Waals surface area contributed by atoms with Crippen LogP contribution in [0, 0.1) is 5.92 Å². The Hall–Kier alpha value is -1.35. The molecule has 1 aromatic rings. The van der Waals surface area contributed by atoms with Crippen molar-refractivity contribution in [3.05, 3.63) is 35.9 Å². The smallest absolute Gasteiger partial charge is 0.305 e. The molecule has 0 aromatic heterocycles. The van der Waals surface area contributed by atoms with Crippen LogP contribution in [0.25, 0.3) is 0 Å². The molecule has 1 aliphatic rings. The lowest BCUT2D eigenvalue weighted by Gasteiger charge is -2.40. The Labute approximate surface area is 121 Å². The topological polar surface area (TPSA) is 40.5 Å². The minimum Gasteiger partial charge on any atom is -0.481 e. The molecule has 0 spiro atoms. The van der Waals surface area contributed by atoms with Gasteiger partial charge in [0.15, 0.2) is 0 Å². The van der Waals surface area contributed by atoms with Crippen LogP contribution in [-0.2, 0) is 4.79 Å². The molecule has 1 fully saturated rings.